The molecule has 1 heterocycles. The Hall–Kier alpha value is -1.81. The lowest BCUT2D eigenvalue weighted by Gasteiger charge is -2.44. The van der Waals surface area contributed by atoms with Crippen LogP contribution in [0.3, 0.4) is 0 Å². The van der Waals surface area contributed by atoms with Gasteiger partial charge in [0.25, 0.3) is 0 Å². The average molecular weight is 412 g/mol. The van der Waals surface area contributed by atoms with Crippen molar-refractivity contribution in [2.24, 2.45) is 17.8 Å². The van der Waals surface area contributed by atoms with Gasteiger partial charge in [0.1, 0.15) is 0 Å². The van der Waals surface area contributed by atoms with Crippen molar-refractivity contribution in [1.29, 1.82) is 0 Å². The zero-order valence-corrected chi connectivity index (χ0v) is 18.4. The maximum atomic E-state index is 12.8. The third kappa shape index (κ3) is 4.59. The van der Waals surface area contributed by atoms with Crippen LogP contribution < -0.4 is 0 Å². The van der Waals surface area contributed by atoms with E-state index in [4.69, 9.17) is 9.57 Å². The van der Waals surface area contributed by atoms with Crippen LogP contribution in [0.15, 0.2) is 43.0 Å². The van der Waals surface area contributed by atoms with E-state index < -0.39 is 6.29 Å². The molecular formula is C26H37NO3. The molecule has 0 bridgehead atoms. The van der Waals surface area contributed by atoms with Gasteiger partial charge in [-0.3, -0.25) is 5.21 Å². The molecule has 164 valence electrons. The van der Waals surface area contributed by atoms with Crippen molar-refractivity contribution in [3.8, 4) is 0 Å². The molecule has 1 aliphatic heterocycles. The van der Waals surface area contributed by atoms with E-state index in [9.17, 15) is 5.21 Å². The number of allylic oxidation sites excluding steroid dienone is 1. The van der Waals surface area contributed by atoms with Gasteiger partial charge >= 0.3 is 0 Å². The highest BCUT2D eigenvalue weighted by Gasteiger charge is 2.45. The number of nitrogens with zero attached hydrogens (tertiary/aromatic N) is 1. The van der Waals surface area contributed by atoms with Gasteiger partial charge in [-0.1, -0.05) is 68.5 Å². The smallest absolute Gasteiger partial charge is 0.222 e. The first-order valence-electron chi connectivity index (χ1n) is 12.0. The molecule has 4 rings (SSSR count). The Labute approximate surface area is 181 Å². The zero-order chi connectivity index (χ0) is 20.9. The van der Waals surface area contributed by atoms with Gasteiger partial charge in [0.05, 0.1) is 12.0 Å². The summed E-state index contributed by atoms with van der Waals surface area (Å²) in [5, 5.41) is 12.8. The number of benzene rings is 1. The fraction of sp³-hybridized carbons (Fsp3) is 0.654. The van der Waals surface area contributed by atoms with Crippen molar-refractivity contribution in [2.45, 2.75) is 89.4 Å². The number of hydrogen-bond acceptors (Lipinski definition) is 3. The Morgan fingerprint density at radius 1 is 1.07 bits per heavy atom. The van der Waals surface area contributed by atoms with E-state index in [1.807, 2.05) is 13.0 Å². The van der Waals surface area contributed by atoms with Crippen molar-refractivity contribution in [3.05, 3.63) is 53.8 Å². The normalized spacial score (nSPS) is 33.2. The molecule has 3 aliphatic rings. The van der Waals surface area contributed by atoms with E-state index in [1.54, 1.807) is 0 Å². The third-order valence-electron chi connectivity index (χ3n) is 7.62. The fourth-order valence-corrected chi connectivity index (χ4v) is 6.13. The van der Waals surface area contributed by atoms with Crippen molar-refractivity contribution in [2.75, 3.05) is 0 Å². The van der Waals surface area contributed by atoms with Gasteiger partial charge in [-0.15, -0.1) is 6.58 Å². The zero-order valence-electron chi connectivity index (χ0n) is 18.4. The highest BCUT2D eigenvalue weighted by molar-refractivity contribution is 5.80. The van der Waals surface area contributed by atoms with Crippen LogP contribution in [-0.2, 0) is 9.57 Å². The standard InChI is InChI=1S/C26H37NO3/c1-3-12-23-25(21-15-8-5-9-16-21)19(2)27(28)30-26(23)29-24-18-11-10-17-22(24)20-13-6-4-7-14-20/h3-4,6-7,13-14,21-26H,1,5,8-12,15-18H2,2H3/t22-,23+,24+,25-,26-/m0/s1. The Morgan fingerprint density at radius 3 is 2.50 bits per heavy atom. The third-order valence-corrected chi connectivity index (χ3v) is 7.62. The fourth-order valence-electron chi connectivity index (χ4n) is 6.13. The van der Waals surface area contributed by atoms with Gasteiger partial charge in [0.2, 0.25) is 5.71 Å². The predicted molar refractivity (Wildman–Crippen MR) is 120 cm³/mol. The second-order valence-electron chi connectivity index (χ2n) is 9.46. The van der Waals surface area contributed by atoms with Gasteiger partial charge in [-0.25, -0.2) is 0 Å². The number of hydrogen-bond donors (Lipinski definition) is 0. The first-order valence-corrected chi connectivity index (χ1v) is 12.0. The average Bonchev–Trinajstić information content (AvgIpc) is 2.79. The highest BCUT2D eigenvalue weighted by atomic mass is 16.9. The van der Waals surface area contributed by atoms with Crippen LogP contribution in [0.1, 0.15) is 82.6 Å². The largest absolute Gasteiger partial charge is 0.372 e. The lowest BCUT2D eigenvalue weighted by atomic mass is 9.70. The highest BCUT2D eigenvalue weighted by Crippen LogP contribution is 2.43. The summed E-state index contributed by atoms with van der Waals surface area (Å²) in [5.74, 6) is 1.30. The SMILES string of the molecule is C=CC[C@H]1[C@@H](O[C@@H]2CCCC[C@H]2c2ccccc2)O[N+]([O-])=C(C)[C@H]1C1CCCCC1. The van der Waals surface area contributed by atoms with Crippen molar-refractivity contribution in [1.82, 2.24) is 0 Å². The van der Waals surface area contributed by atoms with E-state index in [0.29, 0.717) is 11.8 Å². The molecule has 4 nitrogen and oxygen atoms in total. The molecule has 1 aromatic rings. The minimum absolute atomic E-state index is 0.0947. The molecule has 2 aliphatic carbocycles. The van der Waals surface area contributed by atoms with Crippen LogP contribution >= 0.6 is 0 Å². The van der Waals surface area contributed by atoms with Crippen LogP contribution in [0.4, 0.5) is 0 Å². The van der Waals surface area contributed by atoms with Gasteiger partial charge in [-0.2, -0.15) is 0 Å². The Kier molecular flexibility index (Phi) is 7.14. The van der Waals surface area contributed by atoms with Gasteiger partial charge in [-0.05, 0) is 43.6 Å². The molecule has 4 heteroatoms. The lowest BCUT2D eigenvalue weighted by molar-refractivity contribution is -0.778. The van der Waals surface area contributed by atoms with E-state index >= 15 is 0 Å². The van der Waals surface area contributed by atoms with Crippen LogP contribution in [0.2, 0.25) is 0 Å². The molecule has 0 amide bonds. The molecule has 2 fully saturated rings. The van der Waals surface area contributed by atoms with Crippen molar-refractivity contribution in [3.63, 3.8) is 0 Å². The Morgan fingerprint density at radius 2 is 1.77 bits per heavy atom. The summed E-state index contributed by atoms with van der Waals surface area (Å²) in [6.07, 6.45) is 13.2. The maximum absolute atomic E-state index is 12.8. The molecule has 5 atom stereocenters. The molecule has 0 unspecified atom stereocenters. The van der Waals surface area contributed by atoms with Gasteiger partial charge in [0, 0.05) is 23.7 Å². The topological polar surface area (TPSA) is 44.5 Å². The lowest BCUT2D eigenvalue weighted by Crippen LogP contribution is -2.49. The monoisotopic (exact) mass is 411 g/mol. The summed E-state index contributed by atoms with van der Waals surface area (Å²) >= 11 is 0. The Balaban J connectivity index is 1.57. The molecule has 2 saturated carbocycles. The summed E-state index contributed by atoms with van der Waals surface area (Å²) in [6.45, 7) is 5.96. The molecule has 30 heavy (non-hydrogen) atoms. The van der Waals surface area contributed by atoms with Crippen LogP contribution in [-0.4, -0.2) is 23.0 Å². The first kappa shape index (κ1) is 21.4. The van der Waals surface area contributed by atoms with Crippen LogP contribution in [0.25, 0.3) is 0 Å². The van der Waals surface area contributed by atoms with Crippen LogP contribution in [0.5, 0.6) is 0 Å². The summed E-state index contributed by atoms with van der Waals surface area (Å²) in [7, 11) is 0. The maximum Gasteiger partial charge on any atom is 0.222 e. The van der Waals surface area contributed by atoms with Crippen molar-refractivity contribution < 1.29 is 14.5 Å². The minimum atomic E-state index is -0.495. The molecule has 0 aromatic heterocycles. The molecule has 0 radical (unpaired) electrons. The summed E-state index contributed by atoms with van der Waals surface area (Å²) < 4.78 is 6.68. The second kappa shape index (κ2) is 10.00. The summed E-state index contributed by atoms with van der Waals surface area (Å²) in [4.78, 5) is 6.61. The Bertz CT molecular complexity index is 725. The predicted octanol–water partition coefficient (Wildman–Crippen LogP) is 6.36. The number of ether oxygens (including phenoxy) is 1. The van der Waals surface area contributed by atoms with E-state index in [1.165, 1.54) is 50.5 Å². The van der Waals surface area contributed by atoms with Gasteiger partial charge < -0.3 is 9.57 Å². The molecule has 1 aromatic carbocycles. The van der Waals surface area contributed by atoms with Crippen LogP contribution in [0, 0.1) is 23.0 Å². The quantitative estimate of drug-likeness (QED) is 0.404. The summed E-state index contributed by atoms with van der Waals surface area (Å²) in [6, 6.07) is 10.7. The van der Waals surface area contributed by atoms with Gasteiger partial charge in [0.15, 0.2) is 6.29 Å². The minimum Gasteiger partial charge on any atom is -0.372 e. The van der Waals surface area contributed by atoms with E-state index in [2.05, 4.69) is 36.9 Å². The number of rotatable bonds is 6. The molecule has 0 saturated heterocycles. The molecule has 0 spiro atoms. The molecular weight excluding hydrogens is 374 g/mol. The van der Waals surface area contributed by atoms with E-state index in [0.717, 1.165) is 29.9 Å². The second-order valence-corrected chi connectivity index (χ2v) is 9.46. The van der Waals surface area contributed by atoms with Crippen molar-refractivity contribution >= 4 is 5.71 Å². The first-order chi connectivity index (χ1) is 14.7. The van der Waals surface area contributed by atoms with E-state index in [-0.39, 0.29) is 17.9 Å². The molecule has 0 N–H and O–H groups in total. The summed E-state index contributed by atoms with van der Waals surface area (Å²) in [5.41, 5.74) is 2.15.